The molecule has 0 aromatic heterocycles. The molecule has 2 aromatic rings. The third-order valence-electron chi connectivity index (χ3n) is 4.51. The number of sulfonamides is 1. The summed E-state index contributed by atoms with van der Waals surface area (Å²) in [6, 6.07) is 15.1. The lowest BCUT2D eigenvalue weighted by atomic mass is 10.1. The van der Waals surface area contributed by atoms with Gasteiger partial charge in [-0.25, -0.2) is 8.42 Å². The van der Waals surface area contributed by atoms with Gasteiger partial charge in [-0.15, -0.1) is 0 Å². The van der Waals surface area contributed by atoms with E-state index in [-0.39, 0.29) is 12.5 Å². The van der Waals surface area contributed by atoms with Crippen molar-refractivity contribution in [2.24, 2.45) is 0 Å². The van der Waals surface area contributed by atoms with Crippen LogP contribution in [0.2, 0.25) is 0 Å². The largest absolute Gasteiger partial charge is 0.355 e. The van der Waals surface area contributed by atoms with Crippen molar-refractivity contribution in [2.45, 2.75) is 26.4 Å². The van der Waals surface area contributed by atoms with Crippen molar-refractivity contribution in [3.63, 3.8) is 0 Å². The highest BCUT2D eigenvalue weighted by Crippen LogP contribution is 2.19. The van der Waals surface area contributed by atoms with Crippen molar-refractivity contribution < 1.29 is 18.0 Å². The zero-order chi connectivity index (χ0) is 22.3. The van der Waals surface area contributed by atoms with Gasteiger partial charge in [-0.3, -0.25) is 13.9 Å². The number of amides is 2. The van der Waals surface area contributed by atoms with Crippen LogP contribution in [0.3, 0.4) is 0 Å². The maximum atomic E-state index is 13.2. The second-order valence-corrected chi connectivity index (χ2v) is 9.65. The Labute approximate surface area is 186 Å². The van der Waals surface area contributed by atoms with Gasteiger partial charge in [0.2, 0.25) is 21.8 Å². The van der Waals surface area contributed by atoms with E-state index in [0.717, 1.165) is 20.6 Å². The van der Waals surface area contributed by atoms with Gasteiger partial charge >= 0.3 is 0 Å². The lowest BCUT2D eigenvalue weighted by Gasteiger charge is -2.31. The number of carbonyl (C=O) groups is 2. The van der Waals surface area contributed by atoms with Gasteiger partial charge in [0, 0.05) is 17.6 Å². The number of anilines is 1. The van der Waals surface area contributed by atoms with E-state index in [1.807, 2.05) is 24.3 Å². The fourth-order valence-electron chi connectivity index (χ4n) is 2.90. The van der Waals surface area contributed by atoms with Crippen molar-refractivity contribution in [2.75, 3.05) is 23.7 Å². The van der Waals surface area contributed by atoms with E-state index in [0.29, 0.717) is 12.2 Å². The van der Waals surface area contributed by atoms with Crippen molar-refractivity contribution in [1.29, 1.82) is 0 Å². The summed E-state index contributed by atoms with van der Waals surface area (Å²) < 4.78 is 26.7. The molecule has 9 heteroatoms. The molecule has 1 atom stereocenters. The highest BCUT2D eigenvalue weighted by atomic mass is 79.9. The molecule has 0 saturated heterocycles. The number of benzene rings is 2. The number of nitrogens with one attached hydrogen (secondary N) is 1. The van der Waals surface area contributed by atoms with Crippen LogP contribution in [0.5, 0.6) is 0 Å². The van der Waals surface area contributed by atoms with Crippen LogP contribution in [-0.4, -0.2) is 50.5 Å². The Hall–Kier alpha value is -2.39. The minimum Gasteiger partial charge on any atom is -0.355 e. The number of rotatable bonds is 9. The molecule has 0 heterocycles. The van der Waals surface area contributed by atoms with Gasteiger partial charge in [0.1, 0.15) is 12.6 Å². The molecule has 0 spiro atoms. The first-order valence-electron chi connectivity index (χ1n) is 9.48. The van der Waals surface area contributed by atoms with Crippen molar-refractivity contribution in [3.8, 4) is 0 Å². The topological polar surface area (TPSA) is 86.8 Å². The maximum absolute atomic E-state index is 13.2. The number of hydrogen-bond acceptors (Lipinski definition) is 4. The molecule has 0 aliphatic heterocycles. The molecule has 1 N–H and O–H groups in total. The van der Waals surface area contributed by atoms with Crippen LogP contribution in [0, 0.1) is 0 Å². The second-order valence-electron chi connectivity index (χ2n) is 6.82. The van der Waals surface area contributed by atoms with Crippen molar-refractivity contribution in [3.05, 3.63) is 64.6 Å². The Bertz CT molecular complexity index is 966. The summed E-state index contributed by atoms with van der Waals surface area (Å²) in [7, 11) is -3.70. The first kappa shape index (κ1) is 23.9. The van der Waals surface area contributed by atoms with E-state index < -0.39 is 28.5 Å². The molecule has 162 valence electrons. The van der Waals surface area contributed by atoms with Crippen LogP contribution in [0.4, 0.5) is 5.69 Å². The summed E-state index contributed by atoms with van der Waals surface area (Å²) in [5, 5.41) is 2.72. The number of likely N-dealkylation sites (N-methyl/N-ethyl adjacent to an activating group) is 1. The third-order valence-corrected chi connectivity index (χ3v) is 6.18. The lowest BCUT2D eigenvalue weighted by Crippen LogP contribution is -2.51. The van der Waals surface area contributed by atoms with Crippen LogP contribution in [0.25, 0.3) is 0 Å². The Morgan fingerprint density at radius 1 is 1.07 bits per heavy atom. The van der Waals surface area contributed by atoms with E-state index in [9.17, 15) is 18.0 Å². The molecule has 0 fully saturated rings. The van der Waals surface area contributed by atoms with Crippen LogP contribution < -0.4 is 9.62 Å². The molecule has 0 aliphatic rings. The quantitative estimate of drug-likeness (QED) is 0.579. The van der Waals surface area contributed by atoms with Gasteiger partial charge in [0.15, 0.2) is 0 Å². The van der Waals surface area contributed by atoms with Crippen LogP contribution in [0.15, 0.2) is 59.1 Å². The predicted molar refractivity (Wildman–Crippen MR) is 121 cm³/mol. The number of halogens is 1. The molecule has 7 nitrogen and oxygen atoms in total. The normalized spacial score (nSPS) is 12.1. The smallest absolute Gasteiger partial charge is 0.244 e. The van der Waals surface area contributed by atoms with Gasteiger partial charge in [-0.2, -0.15) is 0 Å². The first-order valence-corrected chi connectivity index (χ1v) is 12.1. The molecule has 2 rings (SSSR count). The monoisotopic (exact) mass is 495 g/mol. The number of nitrogens with zero attached hydrogens (tertiary/aromatic N) is 2. The fourth-order valence-corrected chi connectivity index (χ4v) is 4.01. The maximum Gasteiger partial charge on any atom is 0.244 e. The standard InChI is InChI=1S/C21H26BrN3O4S/c1-4-23-21(27)16(2)24(14-17-10-12-18(22)13-11-17)20(26)15-25(30(3,28)29)19-8-6-5-7-9-19/h5-13,16H,4,14-15H2,1-3H3,(H,23,27). The van der Waals surface area contributed by atoms with Crippen LogP contribution in [0.1, 0.15) is 19.4 Å². The number of carbonyl (C=O) groups excluding carboxylic acids is 2. The molecule has 0 saturated carbocycles. The first-order chi connectivity index (χ1) is 14.1. The summed E-state index contributed by atoms with van der Waals surface area (Å²) in [5.41, 5.74) is 1.22. The third kappa shape index (κ3) is 6.56. The van der Waals surface area contributed by atoms with Crippen molar-refractivity contribution >= 4 is 43.5 Å². The SMILES string of the molecule is CCNC(=O)C(C)N(Cc1ccc(Br)cc1)C(=O)CN(c1ccccc1)S(C)(=O)=O. The van der Waals surface area contributed by atoms with Gasteiger partial charge in [0.25, 0.3) is 0 Å². The van der Waals surface area contributed by atoms with Crippen LogP contribution in [-0.2, 0) is 26.2 Å². The lowest BCUT2D eigenvalue weighted by molar-refractivity contribution is -0.139. The molecule has 1 unspecified atom stereocenters. The fraction of sp³-hybridized carbons (Fsp3) is 0.333. The molecule has 0 radical (unpaired) electrons. The molecule has 2 amide bonds. The Morgan fingerprint density at radius 2 is 1.67 bits per heavy atom. The molecule has 0 aliphatic carbocycles. The molecular formula is C21H26BrN3O4S. The number of para-hydroxylation sites is 1. The van der Waals surface area contributed by atoms with E-state index in [1.165, 1.54) is 4.90 Å². The molecule has 0 bridgehead atoms. The minimum absolute atomic E-state index is 0.177. The summed E-state index contributed by atoms with van der Waals surface area (Å²) in [5.74, 6) is -0.764. The van der Waals surface area contributed by atoms with Gasteiger partial charge in [-0.05, 0) is 43.7 Å². The minimum atomic E-state index is -3.70. The summed E-state index contributed by atoms with van der Waals surface area (Å²) in [6.45, 7) is 3.64. The van der Waals surface area contributed by atoms with E-state index in [1.54, 1.807) is 44.2 Å². The average Bonchev–Trinajstić information content (AvgIpc) is 2.71. The van der Waals surface area contributed by atoms with Gasteiger partial charge < -0.3 is 10.2 Å². The Morgan fingerprint density at radius 3 is 2.20 bits per heavy atom. The zero-order valence-electron chi connectivity index (χ0n) is 17.2. The van der Waals surface area contributed by atoms with Gasteiger partial charge in [-0.1, -0.05) is 46.3 Å². The molecule has 2 aromatic carbocycles. The second kappa shape index (κ2) is 10.6. The highest BCUT2D eigenvalue weighted by Gasteiger charge is 2.29. The van der Waals surface area contributed by atoms with E-state index in [2.05, 4.69) is 21.2 Å². The average molecular weight is 496 g/mol. The van der Waals surface area contributed by atoms with Crippen LogP contribution >= 0.6 is 15.9 Å². The summed E-state index contributed by atoms with van der Waals surface area (Å²) in [6.07, 6.45) is 1.06. The van der Waals surface area contributed by atoms with Gasteiger partial charge in [0.05, 0.1) is 11.9 Å². The predicted octanol–water partition coefficient (Wildman–Crippen LogP) is 2.77. The molecular weight excluding hydrogens is 470 g/mol. The highest BCUT2D eigenvalue weighted by molar-refractivity contribution is 9.10. The molecule has 30 heavy (non-hydrogen) atoms. The van der Waals surface area contributed by atoms with E-state index >= 15 is 0 Å². The summed E-state index contributed by atoms with van der Waals surface area (Å²) in [4.78, 5) is 27.1. The van der Waals surface area contributed by atoms with E-state index in [4.69, 9.17) is 0 Å². The Balaban J connectivity index is 2.34. The number of hydrogen-bond donors (Lipinski definition) is 1. The van der Waals surface area contributed by atoms with Crippen molar-refractivity contribution in [1.82, 2.24) is 10.2 Å². The Kier molecular flexibility index (Phi) is 8.43. The zero-order valence-corrected chi connectivity index (χ0v) is 19.6. The summed E-state index contributed by atoms with van der Waals surface area (Å²) >= 11 is 3.38.